The number of imidazole rings is 1. The summed E-state index contributed by atoms with van der Waals surface area (Å²) in [6.45, 7) is 1.12. The average Bonchev–Trinajstić information content (AvgIpc) is 3.40. The maximum atomic E-state index is 12.6. The first kappa shape index (κ1) is 19.2. The van der Waals surface area contributed by atoms with Gasteiger partial charge in [-0.25, -0.2) is 9.97 Å². The Hall–Kier alpha value is -3.52. The Morgan fingerprint density at radius 3 is 2.81 bits per heavy atom. The van der Waals surface area contributed by atoms with E-state index in [0.717, 1.165) is 17.9 Å². The van der Waals surface area contributed by atoms with Gasteiger partial charge in [-0.1, -0.05) is 18.6 Å². The molecule has 2 saturated carbocycles. The molecule has 2 aliphatic carbocycles. The van der Waals surface area contributed by atoms with Gasteiger partial charge in [0.25, 0.3) is 11.5 Å². The van der Waals surface area contributed by atoms with Gasteiger partial charge in [-0.05, 0) is 48.4 Å². The summed E-state index contributed by atoms with van der Waals surface area (Å²) in [7, 11) is 0. The summed E-state index contributed by atoms with van der Waals surface area (Å²) >= 11 is 0. The molecule has 2 aliphatic rings. The van der Waals surface area contributed by atoms with E-state index in [9.17, 15) is 9.59 Å². The van der Waals surface area contributed by atoms with E-state index in [0.29, 0.717) is 17.1 Å². The lowest BCUT2D eigenvalue weighted by molar-refractivity contribution is 0.0945. The maximum absolute atomic E-state index is 12.6. The van der Waals surface area contributed by atoms with E-state index in [1.807, 2.05) is 16.7 Å². The number of aromatic nitrogens is 4. The number of nitrogens with one attached hydrogen (secondary N) is 2. The van der Waals surface area contributed by atoms with Crippen molar-refractivity contribution in [1.82, 2.24) is 29.4 Å². The highest BCUT2D eigenvalue weighted by molar-refractivity contribution is 5.92. The number of amides is 1. The smallest absolute Gasteiger partial charge is 0.270 e. The molecular formula is C24H24N6O2. The van der Waals surface area contributed by atoms with Crippen LogP contribution in [0.25, 0.3) is 11.3 Å². The van der Waals surface area contributed by atoms with Crippen LogP contribution in [0.4, 0.5) is 0 Å². The molecule has 1 atom stereocenters. The predicted molar refractivity (Wildman–Crippen MR) is 119 cm³/mol. The molecule has 32 heavy (non-hydrogen) atoms. The fraction of sp³-hybridized carbons (Fsp3) is 0.333. The number of rotatable bonds is 6. The fourth-order valence-electron chi connectivity index (χ4n) is 4.77. The number of hydrogen-bond acceptors (Lipinski definition) is 5. The van der Waals surface area contributed by atoms with Crippen molar-refractivity contribution in [2.45, 2.75) is 44.8 Å². The minimum atomic E-state index is -0.398. The maximum Gasteiger partial charge on any atom is 0.270 e. The highest BCUT2D eigenvalue weighted by atomic mass is 16.2. The topological polar surface area (TPSA) is 92.8 Å². The summed E-state index contributed by atoms with van der Waals surface area (Å²) in [5.74, 6) is -0.398. The van der Waals surface area contributed by atoms with E-state index < -0.39 is 5.91 Å². The van der Waals surface area contributed by atoms with E-state index in [-0.39, 0.29) is 17.8 Å². The molecule has 4 aromatic rings. The quantitative estimate of drug-likeness (QED) is 0.492. The summed E-state index contributed by atoms with van der Waals surface area (Å²) in [4.78, 5) is 33.6. The van der Waals surface area contributed by atoms with Crippen LogP contribution in [0.3, 0.4) is 0 Å². The number of fused-ring (bicyclic) bond motifs is 2. The number of hydrogen-bond donors (Lipinski definition) is 2. The Balaban J connectivity index is 1.12. The standard InChI is InChI=1S/C24H24N6O2/c31-22-10-18(28-21-4-1-2-9-30(21)22)23(32)26-13-17-15-29-14-16(5-6-20(29)27-17)12-25-19-11-24(19)7-3-8-24/h1-2,4-6,9-10,14-15,19,25H,3,7-8,11-13H2,(H,26,32). The molecule has 0 saturated heterocycles. The summed E-state index contributed by atoms with van der Waals surface area (Å²) in [6.07, 6.45) is 11.1. The van der Waals surface area contributed by atoms with Crippen LogP contribution in [-0.2, 0) is 13.1 Å². The van der Waals surface area contributed by atoms with Crippen LogP contribution in [0.15, 0.2) is 59.8 Å². The van der Waals surface area contributed by atoms with Gasteiger partial charge in [-0.3, -0.25) is 14.0 Å². The third-order valence-corrected chi connectivity index (χ3v) is 6.89. The van der Waals surface area contributed by atoms with Crippen LogP contribution >= 0.6 is 0 Å². The minimum absolute atomic E-state index is 0.0997. The van der Waals surface area contributed by atoms with Gasteiger partial charge in [0, 0.05) is 37.2 Å². The molecular weight excluding hydrogens is 404 g/mol. The lowest BCUT2D eigenvalue weighted by Crippen LogP contribution is -2.27. The van der Waals surface area contributed by atoms with Gasteiger partial charge >= 0.3 is 0 Å². The molecule has 0 bridgehead atoms. The first-order chi connectivity index (χ1) is 15.6. The zero-order valence-electron chi connectivity index (χ0n) is 17.6. The zero-order chi connectivity index (χ0) is 21.7. The lowest BCUT2D eigenvalue weighted by Gasteiger charge is -2.26. The monoisotopic (exact) mass is 428 g/mol. The molecule has 1 amide bonds. The molecule has 0 aromatic carbocycles. The van der Waals surface area contributed by atoms with Crippen molar-refractivity contribution in [3.05, 3.63) is 82.3 Å². The molecule has 1 unspecified atom stereocenters. The van der Waals surface area contributed by atoms with Crippen LogP contribution < -0.4 is 16.2 Å². The summed E-state index contributed by atoms with van der Waals surface area (Å²) in [6, 6.07) is 11.2. The molecule has 8 nitrogen and oxygen atoms in total. The summed E-state index contributed by atoms with van der Waals surface area (Å²) < 4.78 is 3.39. The molecule has 8 heteroatoms. The van der Waals surface area contributed by atoms with Crippen molar-refractivity contribution in [2.24, 2.45) is 5.41 Å². The molecule has 0 radical (unpaired) electrons. The molecule has 4 aromatic heterocycles. The highest BCUT2D eigenvalue weighted by Gasteiger charge is 2.57. The second-order valence-electron chi connectivity index (χ2n) is 8.98. The van der Waals surface area contributed by atoms with Crippen LogP contribution in [0, 0.1) is 5.41 Å². The Labute approximate surface area is 184 Å². The molecule has 6 rings (SSSR count). The van der Waals surface area contributed by atoms with Crippen LogP contribution in [0.2, 0.25) is 0 Å². The Bertz CT molecular complexity index is 1400. The van der Waals surface area contributed by atoms with Crippen molar-refractivity contribution in [1.29, 1.82) is 0 Å². The third kappa shape index (κ3) is 3.36. The highest BCUT2D eigenvalue weighted by Crippen LogP contribution is 2.60. The zero-order valence-corrected chi connectivity index (χ0v) is 17.6. The fourth-order valence-corrected chi connectivity index (χ4v) is 4.77. The Kier molecular flexibility index (Phi) is 4.36. The van der Waals surface area contributed by atoms with Gasteiger partial charge in [-0.15, -0.1) is 0 Å². The van der Waals surface area contributed by atoms with E-state index in [1.54, 1.807) is 24.4 Å². The van der Waals surface area contributed by atoms with Gasteiger partial charge in [-0.2, -0.15) is 0 Å². The molecule has 0 aliphatic heterocycles. The Morgan fingerprint density at radius 2 is 2.00 bits per heavy atom. The van der Waals surface area contributed by atoms with E-state index in [4.69, 9.17) is 0 Å². The van der Waals surface area contributed by atoms with Crippen molar-refractivity contribution >= 4 is 17.2 Å². The summed E-state index contributed by atoms with van der Waals surface area (Å²) in [5.41, 5.74) is 3.67. The number of pyridine rings is 2. The van der Waals surface area contributed by atoms with Crippen molar-refractivity contribution < 1.29 is 4.79 Å². The third-order valence-electron chi connectivity index (χ3n) is 6.89. The normalized spacial score (nSPS) is 18.7. The SMILES string of the molecule is O=C(NCc1cn2cc(CNC3CC34CCC4)ccc2n1)c1cc(=O)n2ccccc2n1. The predicted octanol–water partition coefficient (Wildman–Crippen LogP) is 2.30. The summed E-state index contributed by atoms with van der Waals surface area (Å²) in [5, 5.41) is 6.50. The molecule has 2 N–H and O–H groups in total. The van der Waals surface area contributed by atoms with E-state index in [2.05, 4.69) is 32.9 Å². The average molecular weight is 428 g/mol. The van der Waals surface area contributed by atoms with Gasteiger partial charge in [0.2, 0.25) is 0 Å². The van der Waals surface area contributed by atoms with Crippen molar-refractivity contribution in [3.8, 4) is 0 Å². The van der Waals surface area contributed by atoms with Crippen LogP contribution in [-0.4, -0.2) is 30.7 Å². The molecule has 1 spiro atoms. The van der Waals surface area contributed by atoms with Gasteiger partial charge in [0.15, 0.2) is 0 Å². The van der Waals surface area contributed by atoms with Crippen LogP contribution in [0.1, 0.15) is 47.4 Å². The molecule has 4 heterocycles. The van der Waals surface area contributed by atoms with Crippen LogP contribution in [0.5, 0.6) is 0 Å². The minimum Gasteiger partial charge on any atom is -0.345 e. The second-order valence-corrected chi connectivity index (χ2v) is 8.98. The number of nitrogens with zero attached hydrogens (tertiary/aromatic N) is 4. The van der Waals surface area contributed by atoms with Crippen molar-refractivity contribution in [2.75, 3.05) is 0 Å². The molecule has 162 valence electrons. The Morgan fingerprint density at radius 1 is 1.09 bits per heavy atom. The van der Waals surface area contributed by atoms with E-state index >= 15 is 0 Å². The first-order valence-corrected chi connectivity index (χ1v) is 11.1. The van der Waals surface area contributed by atoms with Gasteiger partial charge in [0.1, 0.15) is 17.0 Å². The number of carbonyl (C=O) groups is 1. The largest absolute Gasteiger partial charge is 0.345 e. The second kappa shape index (κ2) is 7.27. The molecule has 2 fully saturated rings. The lowest BCUT2D eigenvalue weighted by atomic mass is 9.81. The van der Waals surface area contributed by atoms with Gasteiger partial charge < -0.3 is 15.0 Å². The number of carbonyl (C=O) groups excluding carboxylic acids is 1. The van der Waals surface area contributed by atoms with E-state index in [1.165, 1.54) is 41.7 Å². The first-order valence-electron chi connectivity index (χ1n) is 11.1. The van der Waals surface area contributed by atoms with Crippen molar-refractivity contribution in [3.63, 3.8) is 0 Å². The van der Waals surface area contributed by atoms with Gasteiger partial charge in [0.05, 0.1) is 12.2 Å².